The molecule has 24 heavy (non-hydrogen) atoms. The number of hydrogen-bond donors (Lipinski definition) is 0. The SMILES string of the molecule is FC(F)c1ocnc1Cn1cc(-c2cnc3ccccc3n2)nn1. The van der Waals surface area contributed by atoms with Crippen LogP contribution in [0.25, 0.3) is 22.4 Å². The molecule has 0 radical (unpaired) electrons. The van der Waals surface area contributed by atoms with Gasteiger partial charge in [-0.05, 0) is 12.1 Å². The van der Waals surface area contributed by atoms with Crippen LogP contribution in [0.3, 0.4) is 0 Å². The zero-order valence-electron chi connectivity index (χ0n) is 12.2. The average Bonchev–Trinajstić information content (AvgIpc) is 3.24. The number of fused-ring (bicyclic) bond motifs is 1. The molecule has 0 saturated heterocycles. The largest absolute Gasteiger partial charge is 0.442 e. The van der Waals surface area contributed by atoms with E-state index in [0.717, 1.165) is 17.4 Å². The van der Waals surface area contributed by atoms with Crippen molar-refractivity contribution in [2.75, 3.05) is 0 Å². The summed E-state index contributed by atoms with van der Waals surface area (Å²) in [6.07, 6.45) is 1.46. The van der Waals surface area contributed by atoms with Gasteiger partial charge in [0.25, 0.3) is 6.43 Å². The van der Waals surface area contributed by atoms with E-state index >= 15 is 0 Å². The molecular weight excluding hydrogens is 318 g/mol. The van der Waals surface area contributed by atoms with Gasteiger partial charge in [0.15, 0.2) is 12.2 Å². The molecule has 0 bridgehead atoms. The standard InChI is InChI=1S/C15H10F2N6O/c16-15(17)14-13(19-8-24-14)7-23-6-12(21-22-23)11-5-18-9-3-1-2-4-10(9)20-11/h1-6,8,15H,7H2. The van der Waals surface area contributed by atoms with Crippen LogP contribution in [-0.4, -0.2) is 29.9 Å². The van der Waals surface area contributed by atoms with E-state index in [1.54, 1.807) is 12.4 Å². The van der Waals surface area contributed by atoms with Gasteiger partial charge in [-0.25, -0.2) is 23.4 Å². The number of hydrogen-bond acceptors (Lipinski definition) is 6. The topological polar surface area (TPSA) is 82.5 Å². The van der Waals surface area contributed by atoms with Crippen molar-refractivity contribution in [3.63, 3.8) is 0 Å². The van der Waals surface area contributed by atoms with Crippen molar-refractivity contribution in [1.82, 2.24) is 29.9 Å². The fourth-order valence-electron chi connectivity index (χ4n) is 2.30. The summed E-state index contributed by atoms with van der Waals surface area (Å²) < 4.78 is 31.7. The molecule has 0 unspecified atom stereocenters. The second-order valence-corrected chi connectivity index (χ2v) is 5.01. The summed E-state index contributed by atoms with van der Waals surface area (Å²) in [4.78, 5) is 12.6. The van der Waals surface area contributed by atoms with E-state index < -0.39 is 12.2 Å². The quantitative estimate of drug-likeness (QED) is 0.573. The fraction of sp³-hybridized carbons (Fsp3) is 0.133. The van der Waals surface area contributed by atoms with E-state index in [9.17, 15) is 8.78 Å². The van der Waals surface area contributed by atoms with Crippen molar-refractivity contribution in [3.05, 3.63) is 54.5 Å². The summed E-state index contributed by atoms with van der Waals surface area (Å²) in [6, 6.07) is 7.46. The minimum Gasteiger partial charge on any atom is -0.442 e. The molecule has 120 valence electrons. The molecule has 3 heterocycles. The lowest BCUT2D eigenvalue weighted by atomic mass is 10.2. The summed E-state index contributed by atoms with van der Waals surface area (Å²) >= 11 is 0. The van der Waals surface area contributed by atoms with Crippen LogP contribution in [0, 0.1) is 0 Å². The van der Waals surface area contributed by atoms with Gasteiger partial charge in [0.1, 0.15) is 17.1 Å². The van der Waals surface area contributed by atoms with Gasteiger partial charge in [-0.2, -0.15) is 0 Å². The van der Waals surface area contributed by atoms with Gasteiger partial charge in [-0.3, -0.25) is 4.98 Å². The Hall–Kier alpha value is -3.23. The minimum atomic E-state index is -2.73. The molecular formula is C15H10F2N6O. The number of rotatable bonds is 4. The van der Waals surface area contributed by atoms with Crippen molar-refractivity contribution >= 4 is 11.0 Å². The second-order valence-electron chi connectivity index (χ2n) is 5.01. The lowest BCUT2D eigenvalue weighted by Crippen LogP contribution is -2.03. The number of aromatic nitrogens is 6. The van der Waals surface area contributed by atoms with Crippen LogP contribution in [0.4, 0.5) is 8.78 Å². The predicted molar refractivity (Wildman–Crippen MR) is 79.1 cm³/mol. The molecule has 0 aliphatic heterocycles. The summed E-state index contributed by atoms with van der Waals surface area (Å²) in [5.41, 5.74) is 2.68. The maximum atomic E-state index is 12.8. The van der Waals surface area contributed by atoms with Crippen LogP contribution in [-0.2, 0) is 6.54 Å². The molecule has 0 aliphatic rings. The number of alkyl halides is 2. The molecule has 0 aliphatic carbocycles. The Morgan fingerprint density at radius 1 is 1.08 bits per heavy atom. The zero-order chi connectivity index (χ0) is 16.5. The highest BCUT2D eigenvalue weighted by molar-refractivity contribution is 5.76. The van der Waals surface area contributed by atoms with E-state index in [1.807, 2.05) is 24.3 Å². The van der Waals surface area contributed by atoms with Crippen LogP contribution in [0.15, 0.2) is 47.5 Å². The highest BCUT2D eigenvalue weighted by atomic mass is 19.3. The van der Waals surface area contributed by atoms with Gasteiger partial charge in [-0.1, -0.05) is 17.3 Å². The van der Waals surface area contributed by atoms with Gasteiger partial charge < -0.3 is 4.42 Å². The molecule has 0 atom stereocenters. The van der Waals surface area contributed by atoms with Gasteiger partial charge in [0.05, 0.1) is 30.0 Å². The highest BCUT2D eigenvalue weighted by Gasteiger charge is 2.19. The zero-order valence-corrected chi connectivity index (χ0v) is 12.2. The molecule has 0 N–H and O–H groups in total. The van der Waals surface area contributed by atoms with Crippen LogP contribution in [0.1, 0.15) is 17.9 Å². The van der Waals surface area contributed by atoms with Crippen molar-refractivity contribution in [3.8, 4) is 11.4 Å². The summed E-state index contributed by atoms with van der Waals surface area (Å²) in [7, 11) is 0. The Morgan fingerprint density at radius 3 is 2.75 bits per heavy atom. The minimum absolute atomic E-state index is 0.0319. The molecule has 0 amide bonds. The number of benzene rings is 1. The Kier molecular flexibility index (Phi) is 3.45. The molecule has 0 fully saturated rings. The van der Waals surface area contributed by atoms with Crippen molar-refractivity contribution in [2.45, 2.75) is 13.0 Å². The number of para-hydroxylation sites is 2. The first kappa shape index (κ1) is 14.4. The third kappa shape index (κ3) is 2.60. The first-order valence-electron chi connectivity index (χ1n) is 7.03. The summed E-state index contributed by atoms with van der Waals surface area (Å²) in [6.45, 7) is 0.0319. The Labute approximate surface area is 134 Å². The smallest absolute Gasteiger partial charge is 0.297 e. The Balaban J connectivity index is 1.63. The number of nitrogens with zero attached hydrogens (tertiary/aromatic N) is 6. The van der Waals surface area contributed by atoms with Crippen molar-refractivity contribution in [1.29, 1.82) is 0 Å². The number of halogens is 2. The molecule has 3 aromatic heterocycles. The maximum Gasteiger partial charge on any atom is 0.297 e. The van der Waals surface area contributed by atoms with Gasteiger partial charge >= 0.3 is 0 Å². The van der Waals surface area contributed by atoms with E-state index in [-0.39, 0.29) is 12.2 Å². The molecule has 1 aromatic carbocycles. The van der Waals surface area contributed by atoms with Gasteiger partial charge in [0, 0.05) is 0 Å². The van der Waals surface area contributed by atoms with Gasteiger partial charge in [-0.15, -0.1) is 5.10 Å². The van der Waals surface area contributed by atoms with Gasteiger partial charge in [0.2, 0.25) is 0 Å². The second kappa shape index (κ2) is 5.76. The molecule has 9 heteroatoms. The Morgan fingerprint density at radius 2 is 1.92 bits per heavy atom. The van der Waals surface area contributed by atoms with E-state index in [2.05, 4.69) is 25.3 Å². The molecule has 0 saturated carbocycles. The van der Waals surface area contributed by atoms with E-state index in [0.29, 0.717) is 11.4 Å². The van der Waals surface area contributed by atoms with Crippen LogP contribution < -0.4 is 0 Å². The van der Waals surface area contributed by atoms with E-state index in [1.165, 1.54) is 4.68 Å². The predicted octanol–water partition coefficient (Wildman–Crippen LogP) is 2.86. The molecule has 4 aromatic rings. The van der Waals surface area contributed by atoms with Crippen LogP contribution >= 0.6 is 0 Å². The van der Waals surface area contributed by atoms with Crippen LogP contribution in [0.5, 0.6) is 0 Å². The fourth-order valence-corrected chi connectivity index (χ4v) is 2.30. The molecule has 0 spiro atoms. The number of oxazole rings is 1. The van der Waals surface area contributed by atoms with Crippen LogP contribution in [0.2, 0.25) is 0 Å². The van der Waals surface area contributed by atoms with Crippen molar-refractivity contribution < 1.29 is 13.2 Å². The van der Waals surface area contributed by atoms with E-state index in [4.69, 9.17) is 4.42 Å². The normalized spacial score (nSPS) is 11.5. The van der Waals surface area contributed by atoms with Crippen molar-refractivity contribution in [2.24, 2.45) is 0 Å². The molecule has 4 rings (SSSR count). The average molecular weight is 328 g/mol. The Bertz CT molecular complexity index is 996. The maximum absolute atomic E-state index is 12.8. The first-order chi connectivity index (χ1) is 11.7. The monoisotopic (exact) mass is 328 g/mol. The molecule has 7 nitrogen and oxygen atoms in total. The third-order valence-electron chi connectivity index (χ3n) is 3.43. The highest BCUT2D eigenvalue weighted by Crippen LogP contribution is 2.23. The summed E-state index contributed by atoms with van der Waals surface area (Å²) in [5, 5.41) is 7.93. The summed E-state index contributed by atoms with van der Waals surface area (Å²) in [5.74, 6) is -0.461. The lowest BCUT2D eigenvalue weighted by molar-refractivity contribution is 0.120. The lowest BCUT2D eigenvalue weighted by Gasteiger charge is -2.00. The first-order valence-corrected chi connectivity index (χ1v) is 7.03. The third-order valence-corrected chi connectivity index (χ3v) is 3.43.